The van der Waals surface area contributed by atoms with E-state index in [0.29, 0.717) is 5.56 Å². The van der Waals surface area contributed by atoms with Crippen LogP contribution in [0.25, 0.3) is 6.08 Å². The van der Waals surface area contributed by atoms with E-state index in [1.165, 1.54) is 25.1 Å². The summed E-state index contributed by atoms with van der Waals surface area (Å²) < 4.78 is 12.8. The van der Waals surface area contributed by atoms with Gasteiger partial charge in [-0.05, 0) is 23.8 Å². The Bertz CT molecular complexity index is 384. The molecule has 1 rings (SSSR count). The zero-order valence-electron chi connectivity index (χ0n) is 7.33. The van der Waals surface area contributed by atoms with Crippen LogP contribution < -0.4 is 0 Å². The standard InChI is InChI=1S/C9H7ClFNO2/c1-6(12(13)14)2-7-3-8(10)5-9(11)4-7/h2-5H,1H3/b6-2-. The van der Waals surface area contributed by atoms with Crippen molar-refractivity contribution < 1.29 is 9.31 Å². The summed E-state index contributed by atoms with van der Waals surface area (Å²) >= 11 is 5.57. The maximum Gasteiger partial charge on any atom is 0.243 e. The van der Waals surface area contributed by atoms with E-state index in [1.54, 1.807) is 0 Å². The molecular formula is C9H7ClFNO2. The van der Waals surface area contributed by atoms with Crippen LogP contribution in [0, 0.1) is 15.9 Å². The third-order valence-corrected chi connectivity index (χ3v) is 1.77. The van der Waals surface area contributed by atoms with E-state index in [1.807, 2.05) is 0 Å². The summed E-state index contributed by atoms with van der Waals surface area (Å²) in [6.45, 7) is 1.33. The Labute approximate surface area is 85.0 Å². The van der Waals surface area contributed by atoms with Gasteiger partial charge >= 0.3 is 0 Å². The molecule has 0 amide bonds. The fourth-order valence-electron chi connectivity index (χ4n) is 0.952. The van der Waals surface area contributed by atoms with Crippen molar-refractivity contribution >= 4 is 17.7 Å². The molecule has 0 spiro atoms. The van der Waals surface area contributed by atoms with E-state index in [2.05, 4.69) is 0 Å². The topological polar surface area (TPSA) is 43.1 Å². The second kappa shape index (κ2) is 4.19. The molecule has 0 aliphatic carbocycles. The number of allylic oxidation sites excluding steroid dienone is 1. The SMILES string of the molecule is C/C(=C/c1cc(F)cc(Cl)c1)[N+](=O)[O-]. The summed E-state index contributed by atoms with van der Waals surface area (Å²) in [7, 11) is 0. The van der Waals surface area contributed by atoms with Crippen molar-refractivity contribution in [1.29, 1.82) is 0 Å². The fraction of sp³-hybridized carbons (Fsp3) is 0.111. The summed E-state index contributed by atoms with van der Waals surface area (Å²) in [4.78, 5) is 9.74. The molecule has 0 heterocycles. The van der Waals surface area contributed by atoms with Gasteiger partial charge in [0.05, 0.1) is 4.92 Å². The van der Waals surface area contributed by atoms with Crippen molar-refractivity contribution in [3.8, 4) is 0 Å². The Morgan fingerprint density at radius 2 is 2.21 bits per heavy atom. The lowest BCUT2D eigenvalue weighted by Gasteiger charge is -1.96. The maximum absolute atomic E-state index is 12.8. The Hall–Kier alpha value is -1.42. The van der Waals surface area contributed by atoms with Crippen LogP contribution in [-0.2, 0) is 0 Å². The van der Waals surface area contributed by atoms with Gasteiger partial charge in [-0.2, -0.15) is 0 Å². The molecule has 3 nitrogen and oxygen atoms in total. The van der Waals surface area contributed by atoms with Crippen LogP contribution in [0.3, 0.4) is 0 Å². The van der Waals surface area contributed by atoms with Crippen LogP contribution in [0.4, 0.5) is 4.39 Å². The first-order chi connectivity index (χ1) is 6.49. The molecule has 1 aromatic rings. The van der Waals surface area contributed by atoms with Crippen molar-refractivity contribution in [2.75, 3.05) is 0 Å². The number of benzene rings is 1. The maximum atomic E-state index is 12.8. The summed E-state index contributed by atoms with van der Waals surface area (Å²) in [6.07, 6.45) is 1.26. The van der Waals surface area contributed by atoms with E-state index < -0.39 is 10.7 Å². The van der Waals surface area contributed by atoms with Crippen molar-refractivity contribution in [3.63, 3.8) is 0 Å². The summed E-state index contributed by atoms with van der Waals surface area (Å²) in [6, 6.07) is 3.77. The largest absolute Gasteiger partial charge is 0.259 e. The monoisotopic (exact) mass is 215 g/mol. The Morgan fingerprint density at radius 3 is 2.71 bits per heavy atom. The zero-order valence-corrected chi connectivity index (χ0v) is 8.08. The van der Waals surface area contributed by atoms with E-state index >= 15 is 0 Å². The predicted octanol–water partition coefficient (Wildman–Crippen LogP) is 3.12. The van der Waals surface area contributed by atoms with Crippen LogP contribution >= 0.6 is 11.6 Å². The smallest absolute Gasteiger partial charge is 0.243 e. The first kappa shape index (κ1) is 10.7. The molecular weight excluding hydrogens is 209 g/mol. The fourth-order valence-corrected chi connectivity index (χ4v) is 1.18. The lowest BCUT2D eigenvalue weighted by atomic mass is 10.2. The molecule has 0 saturated heterocycles. The van der Waals surface area contributed by atoms with Gasteiger partial charge in [-0.3, -0.25) is 10.1 Å². The number of rotatable bonds is 2. The van der Waals surface area contributed by atoms with Crippen LogP contribution in [-0.4, -0.2) is 4.92 Å². The quantitative estimate of drug-likeness (QED) is 0.562. The normalized spacial score (nSPS) is 11.5. The molecule has 0 N–H and O–H groups in total. The summed E-state index contributed by atoms with van der Waals surface area (Å²) in [5.74, 6) is -0.514. The molecule has 0 saturated carbocycles. The number of halogens is 2. The van der Waals surface area contributed by atoms with Crippen molar-refractivity contribution in [1.82, 2.24) is 0 Å². The molecule has 0 unspecified atom stereocenters. The Morgan fingerprint density at radius 1 is 1.57 bits per heavy atom. The van der Waals surface area contributed by atoms with Crippen LogP contribution in [0.2, 0.25) is 5.02 Å². The van der Waals surface area contributed by atoms with E-state index in [-0.39, 0.29) is 10.7 Å². The minimum absolute atomic E-state index is 0.0633. The molecule has 14 heavy (non-hydrogen) atoms. The van der Waals surface area contributed by atoms with Crippen LogP contribution in [0.1, 0.15) is 12.5 Å². The number of nitro groups is 1. The van der Waals surface area contributed by atoms with Gasteiger partial charge < -0.3 is 0 Å². The van der Waals surface area contributed by atoms with Gasteiger partial charge in [0.2, 0.25) is 5.70 Å². The molecule has 0 radical (unpaired) electrons. The van der Waals surface area contributed by atoms with E-state index in [4.69, 9.17) is 11.6 Å². The predicted molar refractivity (Wildman–Crippen MR) is 52.1 cm³/mol. The van der Waals surface area contributed by atoms with Gasteiger partial charge in [-0.25, -0.2) is 4.39 Å². The van der Waals surface area contributed by atoms with Gasteiger partial charge in [-0.1, -0.05) is 11.6 Å². The first-order valence-corrected chi connectivity index (χ1v) is 4.15. The number of hydrogen-bond acceptors (Lipinski definition) is 2. The Balaban J connectivity index is 3.08. The Kier molecular flexibility index (Phi) is 3.19. The molecule has 0 aliphatic rings. The van der Waals surface area contributed by atoms with Crippen LogP contribution in [0.15, 0.2) is 23.9 Å². The van der Waals surface area contributed by atoms with E-state index in [0.717, 1.165) is 6.07 Å². The average Bonchev–Trinajstić information content (AvgIpc) is 2.01. The van der Waals surface area contributed by atoms with Crippen molar-refractivity contribution in [2.45, 2.75) is 6.92 Å². The van der Waals surface area contributed by atoms with Crippen LogP contribution in [0.5, 0.6) is 0 Å². The molecule has 0 aromatic heterocycles. The highest BCUT2D eigenvalue weighted by molar-refractivity contribution is 6.30. The zero-order chi connectivity index (χ0) is 10.7. The van der Waals surface area contributed by atoms with Gasteiger partial charge in [0.1, 0.15) is 5.82 Å². The molecule has 0 bridgehead atoms. The summed E-state index contributed by atoms with van der Waals surface area (Å²) in [5, 5.41) is 10.5. The molecule has 1 aromatic carbocycles. The second-order valence-electron chi connectivity index (χ2n) is 2.75. The van der Waals surface area contributed by atoms with Crippen molar-refractivity contribution in [3.05, 3.63) is 50.4 Å². The number of nitrogens with zero attached hydrogens (tertiary/aromatic N) is 1. The van der Waals surface area contributed by atoms with Crippen molar-refractivity contribution in [2.24, 2.45) is 0 Å². The average molecular weight is 216 g/mol. The lowest BCUT2D eigenvalue weighted by Crippen LogP contribution is -1.93. The molecule has 74 valence electrons. The molecule has 0 fully saturated rings. The third kappa shape index (κ3) is 2.81. The highest BCUT2D eigenvalue weighted by Crippen LogP contribution is 2.16. The van der Waals surface area contributed by atoms with Gasteiger partial charge in [0.25, 0.3) is 0 Å². The lowest BCUT2D eigenvalue weighted by molar-refractivity contribution is -0.422. The highest BCUT2D eigenvalue weighted by Gasteiger charge is 2.03. The van der Waals surface area contributed by atoms with Gasteiger partial charge in [-0.15, -0.1) is 0 Å². The minimum atomic E-state index is -0.543. The number of hydrogen-bond donors (Lipinski definition) is 0. The third-order valence-electron chi connectivity index (χ3n) is 1.55. The molecule has 0 aliphatic heterocycles. The van der Waals surface area contributed by atoms with Gasteiger partial charge in [0.15, 0.2) is 0 Å². The molecule has 0 atom stereocenters. The highest BCUT2D eigenvalue weighted by atomic mass is 35.5. The van der Waals surface area contributed by atoms with Gasteiger partial charge in [0, 0.05) is 18.0 Å². The van der Waals surface area contributed by atoms with E-state index in [9.17, 15) is 14.5 Å². The first-order valence-electron chi connectivity index (χ1n) is 3.78. The molecule has 5 heteroatoms. The summed E-state index contributed by atoms with van der Waals surface area (Å²) in [5.41, 5.74) is 0.316. The minimum Gasteiger partial charge on any atom is -0.259 e. The second-order valence-corrected chi connectivity index (χ2v) is 3.18.